The summed E-state index contributed by atoms with van der Waals surface area (Å²) in [5.74, 6) is -0.364. The van der Waals surface area contributed by atoms with Crippen molar-refractivity contribution in [3.8, 4) is 0 Å². The monoisotopic (exact) mass is 539 g/mol. The lowest BCUT2D eigenvalue weighted by Gasteiger charge is -2.30. The zero-order valence-corrected chi connectivity index (χ0v) is 22.2. The third-order valence-electron chi connectivity index (χ3n) is 6.83. The van der Waals surface area contributed by atoms with Crippen molar-refractivity contribution < 1.29 is 9.53 Å². The molecule has 4 aromatic rings. The molecule has 3 nitrogen and oxygen atoms in total. The van der Waals surface area contributed by atoms with Crippen LogP contribution in [0.2, 0.25) is 10.0 Å². The van der Waals surface area contributed by atoms with Crippen molar-refractivity contribution >= 4 is 52.4 Å². The van der Waals surface area contributed by atoms with Gasteiger partial charge in [0.05, 0.1) is 17.2 Å². The van der Waals surface area contributed by atoms with Crippen LogP contribution in [0.5, 0.6) is 0 Å². The summed E-state index contributed by atoms with van der Waals surface area (Å²) >= 11 is 12.2. The van der Waals surface area contributed by atoms with Crippen molar-refractivity contribution in [1.82, 2.24) is 4.90 Å². The second-order valence-corrected chi connectivity index (χ2v) is 9.92. The summed E-state index contributed by atoms with van der Waals surface area (Å²) in [6.45, 7) is 3.22. The van der Waals surface area contributed by atoms with Crippen LogP contribution in [-0.2, 0) is 17.7 Å². The van der Waals surface area contributed by atoms with Crippen LogP contribution in [0, 0.1) is 0 Å². The molecule has 4 aromatic carbocycles. The molecule has 36 heavy (non-hydrogen) atoms. The second kappa shape index (κ2) is 12.1. The third-order valence-corrected chi connectivity index (χ3v) is 7.38. The van der Waals surface area contributed by atoms with Crippen LogP contribution in [0.15, 0.2) is 84.9 Å². The van der Waals surface area contributed by atoms with E-state index in [-0.39, 0.29) is 24.9 Å². The predicted molar refractivity (Wildman–Crippen MR) is 151 cm³/mol. The van der Waals surface area contributed by atoms with E-state index in [1.165, 1.54) is 27.5 Å². The Hall–Kier alpha value is -2.56. The van der Waals surface area contributed by atoms with Crippen molar-refractivity contribution in [2.24, 2.45) is 0 Å². The average Bonchev–Trinajstić information content (AvgIpc) is 2.88. The number of hydrogen-bond donors (Lipinski definition) is 0. The maximum absolute atomic E-state index is 12.9. The van der Waals surface area contributed by atoms with Gasteiger partial charge in [0.15, 0.2) is 0 Å². The fraction of sp³-hybridized carbons (Fsp3) is 0.233. The topological polar surface area (TPSA) is 29.5 Å². The molecule has 186 valence electrons. The normalized spacial score (nSPS) is 14.1. The number of carbonyl (C=O) groups excluding carboxylic acids is 1. The first-order chi connectivity index (χ1) is 17.1. The van der Waals surface area contributed by atoms with Gasteiger partial charge in [-0.05, 0) is 65.0 Å². The molecule has 0 aliphatic carbocycles. The highest BCUT2D eigenvalue weighted by atomic mass is 35.5. The van der Waals surface area contributed by atoms with Crippen molar-refractivity contribution in [1.29, 1.82) is 0 Å². The Balaban J connectivity index is 0.00000304. The van der Waals surface area contributed by atoms with Crippen molar-refractivity contribution in [2.75, 3.05) is 19.7 Å². The molecule has 0 amide bonds. The minimum absolute atomic E-state index is 0. The fourth-order valence-electron chi connectivity index (χ4n) is 4.93. The van der Waals surface area contributed by atoms with E-state index < -0.39 is 5.97 Å². The van der Waals surface area contributed by atoms with Crippen LogP contribution in [0.1, 0.15) is 39.4 Å². The number of rotatable bonds is 7. The highest BCUT2D eigenvalue weighted by Crippen LogP contribution is 2.30. The molecule has 0 saturated heterocycles. The van der Waals surface area contributed by atoms with Crippen LogP contribution in [0.25, 0.3) is 10.8 Å². The van der Waals surface area contributed by atoms with E-state index in [9.17, 15) is 4.79 Å². The van der Waals surface area contributed by atoms with E-state index in [4.69, 9.17) is 27.9 Å². The number of halogens is 3. The van der Waals surface area contributed by atoms with Gasteiger partial charge in [-0.2, -0.15) is 0 Å². The van der Waals surface area contributed by atoms with Gasteiger partial charge in [-0.25, -0.2) is 4.79 Å². The molecular weight excluding hydrogens is 513 g/mol. The van der Waals surface area contributed by atoms with Gasteiger partial charge in [0, 0.05) is 24.0 Å². The Kier molecular flexibility index (Phi) is 8.92. The predicted octanol–water partition coefficient (Wildman–Crippen LogP) is 7.96. The van der Waals surface area contributed by atoms with Crippen molar-refractivity contribution in [3.05, 3.63) is 117 Å². The van der Waals surface area contributed by atoms with Gasteiger partial charge < -0.3 is 4.74 Å². The van der Waals surface area contributed by atoms with Crippen molar-refractivity contribution in [2.45, 2.75) is 25.3 Å². The molecule has 0 spiro atoms. The van der Waals surface area contributed by atoms with Crippen LogP contribution >= 0.6 is 35.6 Å². The number of ether oxygens (including phenoxy) is 1. The summed E-state index contributed by atoms with van der Waals surface area (Å²) in [6.07, 6.45) is 1.96. The standard InChI is InChI=1S/C30H27Cl2NO2.ClH/c31-25-12-13-28(29(32)18-25)30(34)35-20-24(27-11-5-9-22-7-3-4-10-26(22)27)15-17-33-16-14-21-6-1-2-8-23(21)19-33;/h1-13,18,24H,14-17,19-20H2;1H. The molecule has 1 unspecified atom stereocenters. The third kappa shape index (κ3) is 6.04. The largest absolute Gasteiger partial charge is 0.461 e. The molecule has 1 atom stereocenters. The number of nitrogens with zero attached hydrogens (tertiary/aromatic N) is 1. The van der Waals surface area contributed by atoms with Gasteiger partial charge in [0.2, 0.25) is 0 Å². The lowest BCUT2D eigenvalue weighted by Crippen LogP contribution is -2.32. The molecule has 5 rings (SSSR count). The SMILES string of the molecule is Cl.O=C(OCC(CCN1CCc2ccccc2C1)c1cccc2ccccc12)c1ccc(Cl)cc1Cl. The lowest BCUT2D eigenvalue weighted by atomic mass is 9.91. The molecular formula is C30H28Cl3NO2. The minimum atomic E-state index is -0.427. The smallest absolute Gasteiger partial charge is 0.339 e. The van der Waals surface area contributed by atoms with Crippen LogP contribution < -0.4 is 0 Å². The molecule has 0 bridgehead atoms. The minimum Gasteiger partial charge on any atom is -0.461 e. The molecule has 1 aliphatic heterocycles. The van der Waals surface area contributed by atoms with Crippen molar-refractivity contribution in [3.63, 3.8) is 0 Å². The summed E-state index contributed by atoms with van der Waals surface area (Å²) in [5, 5.41) is 3.18. The van der Waals surface area contributed by atoms with Gasteiger partial charge in [0.1, 0.15) is 0 Å². The molecule has 0 fully saturated rings. The molecule has 6 heteroatoms. The first-order valence-corrected chi connectivity index (χ1v) is 12.7. The van der Waals surface area contributed by atoms with E-state index in [2.05, 4.69) is 71.6 Å². The molecule has 1 heterocycles. The van der Waals surface area contributed by atoms with E-state index in [0.717, 1.165) is 32.5 Å². The Morgan fingerprint density at radius 3 is 2.50 bits per heavy atom. The van der Waals surface area contributed by atoms with Crippen LogP contribution in [-0.4, -0.2) is 30.6 Å². The summed E-state index contributed by atoms with van der Waals surface area (Å²) < 4.78 is 5.83. The van der Waals surface area contributed by atoms with Gasteiger partial charge in [-0.3, -0.25) is 4.90 Å². The maximum atomic E-state index is 12.9. The summed E-state index contributed by atoms with van der Waals surface area (Å²) in [5.41, 5.74) is 4.39. The zero-order chi connectivity index (χ0) is 24.2. The second-order valence-electron chi connectivity index (χ2n) is 9.07. The summed E-state index contributed by atoms with van der Waals surface area (Å²) in [7, 11) is 0. The lowest BCUT2D eigenvalue weighted by molar-refractivity contribution is 0.0470. The Labute approximate surface area is 228 Å². The summed E-state index contributed by atoms with van der Waals surface area (Å²) in [6, 6.07) is 28.3. The molecule has 0 aromatic heterocycles. The molecule has 0 N–H and O–H groups in total. The quantitative estimate of drug-likeness (QED) is 0.223. The van der Waals surface area contributed by atoms with Crippen LogP contribution in [0.3, 0.4) is 0 Å². The average molecular weight is 541 g/mol. The van der Waals surface area contributed by atoms with Gasteiger partial charge >= 0.3 is 5.97 Å². The molecule has 1 aliphatic rings. The zero-order valence-electron chi connectivity index (χ0n) is 19.8. The first-order valence-electron chi connectivity index (χ1n) is 12.0. The molecule has 0 radical (unpaired) electrons. The van der Waals surface area contributed by atoms with E-state index >= 15 is 0 Å². The number of benzene rings is 4. The fourth-order valence-corrected chi connectivity index (χ4v) is 5.41. The highest BCUT2D eigenvalue weighted by Gasteiger charge is 2.22. The van der Waals surface area contributed by atoms with E-state index in [1.807, 2.05) is 0 Å². The first kappa shape index (κ1) is 26.5. The number of fused-ring (bicyclic) bond motifs is 2. The Morgan fingerprint density at radius 1 is 0.917 bits per heavy atom. The Bertz CT molecular complexity index is 1350. The van der Waals surface area contributed by atoms with Gasteiger partial charge in [-0.1, -0.05) is 89.9 Å². The maximum Gasteiger partial charge on any atom is 0.339 e. The van der Waals surface area contributed by atoms with Gasteiger partial charge in [-0.15, -0.1) is 12.4 Å². The van der Waals surface area contributed by atoms with E-state index in [0.29, 0.717) is 15.6 Å². The number of carbonyl (C=O) groups is 1. The van der Waals surface area contributed by atoms with E-state index in [1.54, 1.807) is 18.2 Å². The Morgan fingerprint density at radius 2 is 1.67 bits per heavy atom. The number of esters is 1. The van der Waals surface area contributed by atoms with Gasteiger partial charge in [0.25, 0.3) is 0 Å². The number of hydrogen-bond acceptors (Lipinski definition) is 3. The summed E-state index contributed by atoms with van der Waals surface area (Å²) in [4.78, 5) is 15.4. The highest BCUT2D eigenvalue weighted by molar-refractivity contribution is 6.36. The molecule has 0 saturated carbocycles. The van der Waals surface area contributed by atoms with Crippen LogP contribution in [0.4, 0.5) is 0 Å².